The minimum Gasteiger partial charge on any atom is -0.353 e. The predicted octanol–water partition coefficient (Wildman–Crippen LogP) is 4.38. The largest absolute Gasteiger partial charge is 0.353 e. The molecule has 1 N–H and O–H groups in total. The molecule has 2 fully saturated rings. The molecule has 0 atom stereocenters. The number of aryl methyl sites for hydroxylation is 1. The van der Waals surface area contributed by atoms with E-state index in [1.807, 2.05) is 54.5 Å². The molecule has 4 rings (SSSR count). The molecule has 6 heteroatoms. The highest BCUT2D eigenvalue weighted by Gasteiger charge is 2.35. The van der Waals surface area contributed by atoms with Crippen molar-refractivity contribution in [1.29, 1.82) is 0 Å². The molecule has 2 saturated carbocycles. The normalized spacial score (nSPS) is 16.8. The van der Waals surface area contributed by atoms with Gasteiger partial charge in [-0.25, -0.2) is 4.79 Å². The van der Waals surface area contributed by atoms with E-state index < -0.39 is 0 Å². The number of urea groups is 1. The Bertz CT molecular complexity index is 853. The third kappa shape index (κ3) is 5.04. The quantitative estimate of drug-likeness (QED) is 0.739. The first-order chi connectivity index (χ1) is 14.6. The number of nitrogens with zero attached hydrogens (tertiary/aromatic N) is 3. The van der Waals surface area contributed by atoms with Crippen LogP contribution in [0.25, 0.3) is 0 Å². The minimum absolute atomic E-state index is 0.0486. The molecule has 0 bridgehead atoms. The van der Waals surface area contributed by atoms with Crippen LogP contribution in [0.3, 0.4) is 0 Å². The van der Waals surface area contributed by atoms with E-state index in [0.29, 0.717) is 12.6 Å². The van der Waals surface area contributed by atoms with Crippen molar-refractivity contribution in [2.45, 2.75) is 63.6 Å². The molecule has 1 aromatic heterocycles. The molecule has 2 aliphatic rings. The van der Waals surface area contributed by atoms with Gasteiger partial charge in [-0.1, -0.05) is 37.5 Å². The van der Waals surface area contributed by atoms with Crippen molar-refractivity contribution in [2.75, 3.05) is 11.9 Å². The Labute approximate surface area is 178 Å². The van der Waals surface area contributed by atoms with Crippen LogP contribution in [-0.2, 0) is 18.4 Å². The van der Waals surface area contributed by atoms with E-state index in [2.05, 4.69) is 16.0 Å². The zero-order chi connectivity index (χ0) is 20.9. The lowest BCUT2D eigenvalue weighted by molar-refractivity contribution is -0.133. The summed E-state index contributed by atoms with van der Waals surface area (Å²) in [6.07, 6.45) is 9.49. The first-order valence-corrected chi connectivity index (χ1v) is 11.1. The fourth-order valence-electron chi connectivity index (χ4n) is 4.36. The lowest BCUT2D eigenvalue weighted by atomic mass is 9.94. The number of amides is 3. The number of aromatic nitrogens is 1. The minimum atomic E-state index is -0.170. The second-order valence-electron chi connectivity index (χ2n) is 8.58. The van der Waals surface area contributed by atoms with Crippen LogP contribution in [0.4, 0.5) is 10.5 Å². The SMILES string of the molecule is Cn1cccc1CN(C(=O)CN(C(=O)Nc1ccccc1)C1CCCCC1)C1CC1. The molecule has 0 aliphatic heterocycles. The maximum absolute atomic E-state index is 13.4. The van der Waals surface area contributed by atoms with Gasteiger partial charge in [0.25, 0.3) is 0 Å². The number of rotatable bonds is 7. The summed E-state index contributed by atoms with van der Waals surface area (Å²) in [6, 6.07) is 13.8. The van der Waals surface area contributed by atoms with E-state index in [4.69, 9.17) is 0 Å². The smallest absolute Gasteiger partial charge is 0.322 e. The maximum Gasteiger partial charge on any atom is 0.322 e. The molecular weight excluding hydrogens is 376 g/mol. The van der Waals surface area contributed by atoms with Gasteiger partial charge in [0, 0.05) is 36.7 Å². The number of carbonyl (C=O) groups is 2. The average Bonchev–Trinajstić information content (AvgIpc) is 3.53. The van der Waals surface area contributed by atoms with Crippen molar-refractivity contribution in [3.8, 4) is 0 Å². The number of hydrogen-bond donors (Lipinski definition) is 1. The number of carbonyl (C=O) groups excluding carboxylic acids is 2. The Morgan fingerprint density at radius 2 is 1.63 bits per heavy atom. The summed E-state index contributed by atoms with van der Waals surface area (Å²) in [5.74, 6) is 0.0486. The van der Waals surface area contributed by atoms with Crippen molar-refractivity contribution in [3.63, 3.8) is 0 Å². The Morgan fingerprint density at radius 3 is 2.27 bits per heavy atom. The van der Waals surface area contributed by atoms with Crippen molar-refractivity contribution in [1.82, 2.24) is 14.4 Å². The second kappa shape index (κ2) is 9.37. The van der Waals surface area contributed by atoms with E-state index in [0.717, 1.165) is 49.9 Å². The van der Waals surface area contributed by atoms with Crippen molar-refractivity contribution >= 4 is 17.6 Å². The summed E-state index contributed by atoms with van der Waals surface area (Å²) in [7, 11) is 2.01. The van der Waals surface area contributed by atoms with Crippen LogP contribution in [0.15, 0.2) is 48.7 Å². The van der Waals surface area contributed by atoms with Gasteiger partial charge >= 0.3 is 6.03 Å². The third-order valence-electron chi connectivity index (χ3n) is 6.30. The van der Waals surface area contributed by atoms with Crippen molar-refractivity contribution < 1.29 is 9.59 Å². The third-order valence-corrected chi connectivity index (χ3v) is 6.30. The van der Waals surface area contributed by atoms with E-state index in [1.54, 1.807) is 4.90 Å². The maximum atomic E-state index is 13.4. The van der Waals surface area contributed by atoms with E-state index in [9.17, 15) is 9.59 Å². The van der Waals surface area contributed by atoms with Gasteiger partial charge in [0.2, 0.25) is 5.91 Å². The van der Waals surface area contributed by atoms with Gasteiger partial charge in [-0.15, -0.1) is 0 Å². The monoisotopic (exact) mass is 408 g/mol. The number of para-hydroxylation sites is 1. The standard InChI is InChI=1S/C24H32N4O2/c1-26-16-8-13-22(26)17-27(21-14-15-21)23(29)18-28(20-11-6-3-7-12-20)24(30)25-19-9-4-2-5-10-19/h2,4-5,8-10,13,16,20-21H,3,6-7,11-12,14-15,17-18H2,1H3,(H,25,30). The van der Waals surface area contributed by atoms with E-state index in [1.165, 1.54) is 6.42 Å². The lowest BCUT2D eigenvalue weighted by Crippen LogP contribution is -2.50. The van der Waals surface area contributed by atoms with Crippen LogP contribution < -0.4 is 5.32 Å². The summed E-state index contributed by atoms with van der Waals surface area (Å²) in [5, 5.41) is 3.00. The molecule has 0 saturated heterocycles. The summed E-state index contributed by atoms with van der Waals surface area (Å²) in [4.78, 5) is 30.3. The number of nitrogens with one attached hydrogen (secondary N) is 1. The zero-order valence-corrected chi connectivity index (χ0v) is 17.8. The summed E-state index contributed by atoms with van der Waals surface area (Å²) < 4.78 is 2.06. The second-order valence-corrected chi connectivity index (χ2v) is 8.58. The Balaban J connectivity index is 1.48. The van der Waals surface area contributed by atoms with Gasteiger partial charge in [-0.2, -0.15) is 0 Å². The molecule has 30 heavy (non-hydrogen) atoms. The fraction of sp³-hybridized carbons (Fsp3) is 0.500. The number of hydrogen-bond acceptors (Lipinski definition) is 2. The van der Waals surface area contributed by atoms with Crippen LogP contribution in [-0.4, -0.2) is 44.9 Å². The number of anilines is 1. The molecule has 2 aliphatic carbocycles. The molecule has 3 amide bonds. The van der Waals surface area contributed by atoms with Gasteiger partial charge < -0.3 is 19.7 Å². The topological polar surface area (TPSA) is 57.6 Å². The fourth-order valence-corrected chi connectivity index (χ4v) is 4.36. The molecule has 1 aromatic carbocycles. The molecule has 0 spiro atoms. The van der Waals surface area contributed by atoms with E-state index in [-0.39, 0.29) is 24.5 Å². The van der Waals surface area contributed by atoms with Gasteiger partial charge in [0.05, 0.1) is 6.54 Å². The molecule has 6 nitrogen and oxygen atoms in total. The van der Waals surface area contributed by atoms with Gasteiger partial charge in [0.1, 0.15) is 6.54 Å². The highest BCUT2D eigenvalue weighted by atomic mass is 16.2. The van der Waals surface area contributed by atoms with Gasteiger partial charge in [0.15, 0.2) is 0 Å². The molecular formula is C24H32N4O2. The van der Waals surface area contributed by atoms with E-state index >= 15 is 0 Å². The number of benzene rings is 1. The molecule has 2 aromatic rings. The lowest BCUT2D eigenvalue weighted by Gasteiger charge is -2.35. The molecule has 160 valence electrons. The van der Waals surface area contributed by atoms with Gasteiger partial charge in [-0.3, -0.25) is 4.79 Å². The van der Waals surface area contributed by atoms with Crippen LogP contribution in [0.5, 0.6) is 0 Å². The molecule has 1 heterocycles. The summed E-state index contributed by atoms with van der Waals surface area (Å²) in [6.45, 7) is 0.746. The molecule has 0 unspecified atom stereocenters. The first-order valence-electron chi connectivity index (χ1n) is 11.1. The zero-order valence-electron chi connectivity index (χ0n) is 17.8. The van der Waals surface area contributed by atoms with Crippen LogP contribution >= 0.6 is 0 Å². The first kappa shape index (κ1) is 20.5. The van der Waals surface area contributed by atoms with Gasteiger partial charge in [-0.05, 0) is 49.9 Å². The average molecular weight is 409 g/mol. The Hall–Kier alpha value is -2.76. The Morgan fingerprint density at radius 1 is 0.933 bits per heavy atom. The Kier molecular flexibility index (Phi) is 6.41. The van der Waals surface area contributed by atoms with Crippen LogP contribution in [0, 0.1) is 0 Å². The predicted molar refractivity (Wildman–Crippen MR) is 118 cm³/mol. The highest BCUT2D eigenvalue weighted by Crippen LogP contribution is 2.30. The van der Waals surface area contributed by atoms with Crippen molar-refractivity contribution in [2.24, 2.45) is 7.05 Å². The van der Waals surface area contributed by atoms with Crippen molar-refractivity contribution in [3.05, 3.63) is 54.4 Å². The van der Waals surface area contributed by atoms with Crippen LogP contribution in [0.1, 0.15) is 50.6 Å². The van der Waals surface area contributed by atoms with Crippen LogP contribution in [0.2, 0.25) is 0 Å². The highest BCUT2D eigenvalue weighted by molar-refractivity contribution is 5.92. The molecule has 0 radical (unpaired) electrons. The summed E-state index contributed by atoms with van der Waals surface area (Å²) in [5.41, 5.74) is 1.88. The summed E-state index contributed by atoms with van der Waals surface area (Å²) >= 11 is 0.